The van der Waals surface area contributed by atoms with Crippen LogP contribution in [0.4, 0.5) is 0 Å². The summed E-state index contributed by atoms with van der Waals surface area (Å²) in [5, 5.41) is 11.9. The average Bonchev–Trinajstić information content (AvgIpc) is 2.94. The molecule has 0 aliphatic heterocycles. The molecule has 1 aromatic rings. The van der Waals surface area contributed by atoms with Crippen LogP contribution in [-0.4, -0.2) is 36.7 Å². The van der Waals surface area contributed by atoms with Gasteiger partial charge in [-0.3, -0.25) is 9.59 Å². The van der Waals surface area contributed by atoms with Gasteiger partial charge in [-0.15, -0.1) is 0 Å². The van der Waals surface area contributed by atoms with Gasteiger partial charge in [0, 0.05) is 5.56 Å². The summed E-state index contributed by atoms with van der Waals surface area (Å²) < 4.78 is 23.8. The smallest absolute Gasteiger partial charge is 0.305 e. The van der Waals surface area contributed by atoms with Crippen molar-refractivity contribution < 1.29 is 23.1 Å². The van der Waals surface area contributed by atoms with Gasteiger partial charge in [-0.05, 0) is 31.0 Å². The summed E-state index contributed by atoms with van der Waals surface area (Å²) in [5.74, 6) is -1.42. The van der Waals surface area contributed by atoms with Crippen molar-refractivity contribution in [1.82, 2.24) is 5.32 Å². The Kier molecular flexibility index (Phi) is 5.09. The number of aliphatic carboxylic acids is 1. The van der Waals surface area contributed by atoms with E-state index in [9.17, 15) is 18.0 Å². The molecular weight excluding hydrogens is 318 g/mol. The highest BCUT2D eigenvalue weighted by molar-refractivity contribution is 7.91. The predicted octanol–water partition coefficient (Wildman–Crippen LogP) is 2.00. The number of rotatable bonds is 6. The highest BCUT2D eigenvalue weighted by Gasteiger charge is 2.37. The summed E-state index contributed by atoms with van der Waals surface area (Å²) in [6, 6.07) is 5.86. The highest BCUT2D eigenvalue weighted by Crippen LogP contribution is 2.33. The molecule has 2 N–H and O–H groups in total. The Bertz CT molecular complexity index is 705. The lowest BCUT2D eigenvalue weighted by Crippen LogP contribution is -2.47. The topological polar surface area (TPSA) is 101 Å². The minimum atomic E-state index is -3.39. The molecule has 23 heavy (non-hydrogen) atoms. The van der Waals surface area contributed by atoms with Crippen LogP contribution in [0.2, 0.25) is 0 Å². The number of sulfone groups is 1. The average molecular weight is 339 g/mol. The SMILES string of the molecule is CCS(=O)(=O)c1cccc(C(=O)NC2(CC(=O)O)CCCC2)c1. The van der Waals surface area contributed by atoms with Gasteiger partial charge < -0.3 is 10.4 Å². The van der Waals surface area contributed by atoms with Crippen LogP contribution >= 0.6 is 0 Å². The van der Waals surface area contributed by atoms with E-state index in [1.54, 1.807) is 6.92 Å². The van der Waals surface area contributed by atoms with Crippen LogP contribution in [0.25, 0.3) is 0 Å². The highest BCUT2D eigenvalue weighted by atomic mass is 32.2. The van der Waals surface area contributed by atoms with Gasteiger partial charge in [0.2, 0.25) is 0 Å². The first kappa shape index (κ1) is 17.5. The molecular formula is C16H21NO5S. The number of nitrogens with one attached hydrogen (secondary N) is 1. The predicted molar refractivity (Wildman–Crippen MR) is 85.1 cm³/mol. The normalized spacial score (nSPS) is 16.9. The van der Waals surface area contributed by atoms with Crippen LogP contribution in [0.5, 0.6) is 0 Å². The zero-order valence-corrected chi connectivity index (χ0v) is 13.9. The third-order valence-electron chi connectivity index (χ3n) is 4.26. The number of hydrogen-bond acceptors (Lipinski definition) is 4. The van der Waals surface area contributed by atoms with Gasteiger partial charge in [-0.25, -0.2) is 8.42 Å². The van der Waals surface area contributed by atoms with Gasteiger partial charge in [0.1, 0.15) is 0 Å². The monoisotopic (exact) mass is 339 g/mol. The second-order valence-corrected chi connectivity index (χ2v) is 8.22. The van der Waals surface area contributed by atoms with E-state index in [2.05, 4.69) is 5.32 Å². The van der Waals surface area contributed by atoms with Crippen molar-refractivity contribution in [3.8, 4) is 0 Å². The molecule has 0 heterocycles. The molecule has 126 valence electrons. The second kappa shape index (κ2) is 6.70. The Morgan fingerprint density at radius 1 is 1.26 bits per heavy atom. The van der Waals surface area contributed by atoms with Crippen molar-refractivity contribution in [2.75, 3.05) is 5.75 Å². The third-order valence-corrected chi connectivity index (χ3v) is 6.00. The van der Waals surface area contributed by atoms with E-state index < -0.39 is 27.3 Å². The molecule has 0 radical (unpaired) electrons. The number of benzene rings is 1. The molecule has 1 aliphatic carbocycles. The fraction of sp³-hybridized carbons (Fsp3) is 0.500. The maximum Gasteiger partial charge on any atom is 0.305 e. The molecule has 2 rings (SSSR count). The van der Waals surface area contributed by atoms with Gasteiger partial charge in [-0.2, -0.15) is 0 Å². The van der Waals surface area contributed by atoms with E-state index in [4.69, 9.17) is 5.11 Å². The lowest BCUT2D eigenvalue weighted by molar-refractivity contribution is -0.138. The Morgan fingerprint density at radius 2 is 1.91 bits per heavy atom. The number of carbonyl (C=O) groups is 2. The minimum Gasteiger partial charge on any atom is -0.481 e. The molecule has 0 saturated heterocycles. The van der Waals surface area contributed by atoms with E-state index in [1.807, 2.05) is 0 Å². The summed E-state index contributed by atoms with van der Waals surface area (Å²) in [5.41, 5.74) is -0.501. The Balaban J connectivity index is 2.23. The Morgan fingerprint density at radius 3 is 2.48 bits per heavy atom. The number of carbonyl (C=O) groups excluding carboxylic acids is 1. The first-order valence-corrected chi connectivity index (χ1v) is 9.30. The van der Waals surface area contributed by atoms with Crippen LogP contribution in [0.3, 0.4) is 0 Å². The largest absolute Gasteiger partial charge is 0.481 e. The van der Waals surface area contributed by atoms with Crippen LogP contribution in [-0.2, 0) is 14.6 Å². The van der Waals surface area contributed by atoms with Crippen LogP contribution in [0.1, 0.15) is 49.4 Å². The fourth-order valence-electron chi connectivity index (χ4n) is 3.00. The lowest BCUT2D eigenvalue weighted by Gasteiger charge is -2.28. The molecule has 0 aromatic heterocycles. The molecule has 6 nitrogen and oxygen atoms in total. The second-order valence-electron chi connectivity index (χ2n) is 5.94. The first-order chi connectivity index (χ1) is 10.8. The maximum absolute atomic E-state index is 12.5. The molecule has 1 fully saturated rings. The zero-order valence-electron chi connectivity index (χ0n) is 13.0. The van der Waals surface area contributed by atoms with Crippen molar-refractivity contribution in [2.45, 2.75) is 49.5 Å². The molecule has 0 atom stereocenters. The van der Waals surface area contributed by atoms with Gasteiger partial charge >= 0.3 is 5.97 Å². The van der Waals surface area contributed by atoms with Gasteiger partial charge in [0.05, 0.1) is 22.6 Å². The molecule has 1 saturated carbocycles. The summed E-state index contributed by atoms with van der Waals surface area (Å²) in [4.78, 5) is 23.6. The Labute approximate surface area is 135 Å². The summed E-state index contributed by atoms with van der Waals surface area (Å²) >= 11 is 0. The minimum absolute atomic E-state index is 0.0407. The van der Waals surface area contributed by atoms with Crippen molar-refractivity contribution in [3.05, 3.63) is 29.8 Å². The number of amides is 1. The van der Waals surface area contributed by atoms with Crippen molar-refractivity contribution in [1.29, 1.82) is 0 Å². The number of hydrogen-bond donors (Lipinski definition) is 2. The van der Waals surface area contributed by atoms with E-state index in [0.29, 0.717) is 12.8 Å². The van der Waals surface area contributed by atoms with E-state index in [0.717, 1.165) is 12.8 Å². The zero-order chi connectivity index (χ0) is 17.1. The summed E-state index contributed by atoms with van der Waals surface area (Å²) in [7, 11) is -3.39. The van der Waals surface area contributed by atoms with E-state index in [-0.39, 0.29) is 22.6 Å². The van der Waals surface area contributed by atoms with E-state index in [1.165, 1.54) is 24.3 Å². The molecule has 7 heteroatoms. The molecule has 1 amide bonds. The van der Waals surface area contributed by atoms with Crippen molar-refractivity contribution >= 4 is 21.7 Å². The summed E-state index contributed by atoms with van der Waals surface area (Å²) in [6.45, 7) is 1.54. The molecule has 0 bridgehead atoms. The molecule has 1 aromatic carbocycles. The van der Waals surface area contributed by atoms with Crippen molar-refractivity contribution in [2.24, 2.45) is 0 Å². The number of carboxylic acids is 1. The quantitative estimate of drug-likeness (QED) is 0.825. The summed E-state index contributed by atoms with van der Waals surface area (Å²) in [6.07, 6.45) is 2.87. The number of carboxylic acid groups (broad SMARTS) is 1. The molecule has 0 spiro atoms. The van der Waals surface area contributed by atoms with Gasteiger partial charge in [0.15, 0.2) is 9.84 Å². The fourth-order valence-corrected chi connectivity index (χ4v) is 3.92. The van der Waals surface area contributed by atoms with Crippen LogP contribution in [0, 0.1) is 0 Å². The first-order valence-electron chi connectivity index (χ1n) is 7.65. The van der Waals surface area contributed by atoms with E-state index >= 15 is 0 Å². The molecule has 1 aliphatic rings. The van der Waals surface area contributed by atoms with Crippen LogP contribution < -0.4 is 5.32 Å². The van der Waals surface area contributed by atoms with Crippen molar-refractivity contribution in [3.63, 3.8) is 0 Å². The van der Waals surface area contributed by atoms with Crippen LogP contribution in [0.15, 0.2) is 29.2 Å². The van der Waals surface area contributed by atoms with Gasteiger partial charge in [0.25, 0.3) is 5.91 Å². The maximum atomic E-state index is 12.5. The Hall–Kier alpha value is -1.89. The standard InChI is InChI=1S/C16H21NO5S/c1-2-23(21,22)13-7-5-6-12(10-13)15(20)17-16(11-14(18)19)8-3-4-9-16/h5-7,10H,2-4,8-9,11H2,1H3,(H,17,20)(H,18,19). The third kappa shape index (κ3) is 4.10. The molecule has 0 unspecified atom stereocenters. The lowest BCUT2D eigenvalue weighted by atomic mass is 9.92. The van der Waals surface area contributed by atoms with Gasteiger partial charge in [-0.1, -0.05) is 25.8 Å².